The van der Waals surface area contributed by atoms with Crippen molar-refractivity contribution in [2.75, 3.05) is 18.5 Å². The van der Waals surface area contributed by atoms with Crippen LogP contribution in [0.5, 0.6) is 0 Å². The molecule has 3 N–H and O–H groups in total. The quantitative estimate of drug-likeness (QED) is 0.515. The van der Waals surface area contributed by atoms with Crippen LogP contribution in [-0.4, -0.2) is 60.8 Å². The molecule has 0 aliphatic carbocycles. The first-order valence-electron chi connectivity index (χ1n) is 9.01. The van der Waals surface area contributed by atoms with Crippen molar-refractivity contribution in [1.82, 2.24) is 19.7 Å². The standard InChI is InChI=1S/C20H17N5O5/c1-24-18-16(17(23-24)20(29)30)13(6-7-21-18)11-2-4-12(5-3-11)22-14-10-15(27)25(8-9-26)19(14)28/h2-7,10,22,26H,8-9H2,1H3,(H,29,30). The molecule has 2 amide bonds. The molecule has 0 spiro atoms. The van der Waals surface area contributed by atoms with Crippen molar-refractivity contribution in [3.8, 4) is 11.1 Å². The van der Waals surface area contributed by atoms with Gasteiger partial charge in [-0.15, -0.1) is 0 Å². The van der Waals surface area contributed by atoms with Crippen molar-refractivity contribution in [3.63, 3.8) is 0 Å². The number of aromatic carboxylic acids is 1. The van der Waals surface area contributed by atoms with E-state index in [4.69, 9.17) is 5.11 Å². The molecule has 0 radical (unpaired) electrons. The minimum Gasteiger partial charge on any atom is -0.476 e. The molecular formula is C20H17N5O5. The summed E-state index contributed by atoms with van der Waals surface area (Å²) >= 11 is 0. The van der Waals surface area contributed by atoms with Gasteiger partial charge in [0.2, 0.25) is 0 Å². The van der Waals surface area contributed by atoms with E-state index in [9.17, 15) is 19.5 Å². The molecule has 2 aromatic heterocycles. The van der Waals surface area contributed by atoms with Gasteiger partial charge in [-0.25, -0.2) is 14.5 Å². The van der Waals surface area contributed by atoms with Crippen molar-refractivity contribution in [3.05, 3.63) is 54.0 Å². The monoisotopic (exact) mass is 407 g/mol. The Hall–Kier alpha value is -4.05. The zero-order valence-corrected chi connectivity index (χ0v) is 15.9. The maximum absolute atomic E-state index is 12.2. The number of carbonyl (C=O) groups excluding carboxylic acids is 2. The number of rotatable bonds is 6. The molecule has 3 aromatic rings. The number of nitrogens with zero attached hydrogens (tertiary/aromatic N) is 4. The Labute approximate surface area is 170 Å². The molecule has 1 aromatic carbocycles. The zero-order valence-electron chi connectivity index (χ0n) is 15.9. The van der Waals surface area contributed by atoms with Gasteiger partial charge in [-0.05, 0) is 29.3 Å². The number of imide groups is 1. The number of hydrogen-bond acceptors (Lipinski definition) is 7. The number of nitrogens with one attached hydrogen (secondary N) is 1. The number of carboxylic acids is 1. The number of aliphatic hydroxyl groups is 1. The lowest BCUT2D eigenvalue weighted by molar-refractivity contribution is -0.137. The number of fused-ring (bicyclic) bond motifs is 1. The Morgan fingerprint density at radius 1 is 1.17 bits per heavy atom. The average molecular weight is 407 g/mol. The highest BCUT2D eigenvalue weighted by Crippen LogP contribution is 2.31. The summed E-state index contributed by atoms with van der Waals surface area (Å²) in [5.74, 6) is -2.13. The molecule has 0 saturated heterocycles. The van der Waals surface area contributed by atoms with Crippen molar-refractivity contribution in [1.29, 1.82) is 0 Å². The molecule has 0 atom stereocenters. The Morgan fingerprint density at radius 3 is 2.57 bits per heavy atom. The second-order valence-electron chi connectivity index (χ2n) is 6.61. The van der Waals surface area contributed by atoms with Crippen LogP contribution in [0.2, 0.25) is 0 Å². The molecule has 152 valence electrons. The fraction of sp³-hybridized carbons (Fsp3) is 0.150. The van der Waals surface area contributed by atoms with Gasteiger partial charge >= 0.3 is 5.97 Å². The number of aromatic nitrogens is 3. The van der Waals surface area contributed by atoms with Gasteiger partial charge in [0, 0.05) is 25.0 Å². The summed E-state index contributed by atoms with van der Waals surface area (Å²) in [7, 11) is 1.63. The molecule has 0 fully saturated rings. The van der Waals surface area contributed by atoms with Gasteiger partial charge in [-0.2, -0.15) is 5.10 Å². The number of pyridine rings is 1. The van der Waals surface area contributed by atoms with Gasteiger partial charge in [-0.3, -0.25) is 14.5 Å². The number of aryl methyl sites for hydroxylation is 1. The molecule has 0 bridgehead atoms. The van der Waals surface area contributed by atoms with Crippen LogP contribution in [0.1, 0.15) is 10.5 Å². The summed E-state index contributed by atoms with van der Waals surface area (Å²) in [6.07, 6.45) is 2.77. The second-order valence-corrected chi connectivity index (χ2v) is 6.61. The number of amides is 2. The maximum Gasteiger partial charge on any atom is 0.357 e. The molecule has 0 saturated carbocycles. The first-order valence-corrected chi connectivity index (χ1v) is 9.01. The number of hydrogen-bond donors (Lipinski definition) is 3. The lowest BCUT2D eigenvalue weighted by Crippen LogP contribution is -2.34. The molecule has 1 aliphatic rings. The van der Waals surface area contributed by atoms with E-state index in [-0.39, 0.29) is 24.5 Å². The highest BCUT2D eigenvalue weighted by Gasteiger charge is 2.30. The number of carbonyl (C=O) groups is 3. The largest absolute Gasteiger partial charge is 0.476 e. The highest BCUT2D eigenvalue weighted by molar-refractivity contribution is 6.17. The number of carboxylic acid groups (broad SMARTS) is 1. The molecule has 1 aliphatic heterocycles. The zero-order chi connectivity index (χ0) is 21.4. The van der Waals surface area contributed by atoms with Crippen molar-refractivity contribution < 1.29 is 24.6 Å². The Balaban J connectivity index is 1.64. The Bertz CT molecular complexity index is 1210. The van der Waals surface area contributed by atoms with E-state index in [1.807, 2.05) is 0 Å². The van der Waals surface area contributed by atoms with Crippen LogP contribution in [0, 0.1) is 0 Å². The summed E-state index contributed by atoms with van der Waals surface area (Å²) in [6, 6.07) is 8.68. The molecule has 30 heavy (non-hydrogen) atoms. The smallest absolute Gasteiger partial charge is 0.357 e. The SMILES string of the molecule is Cn1nc(C(=O)O)c2c(-c3ccc(NC4=CC(=O)N(CCO)C4=O)cc3)ccnc21. The fourth-order valence-electron chi connectivity index (χ4n) is 3.37. The van der Waals surface area contributed by atoms with E-state index in [1.54, 1.807) is 43.6 Å². The topological polar surface area (TPSA) is 138 Å². The number of anilines is 1. The summed E-state index contributed by atoms with van der Waals surface area (Å²) in [5.41, 5.74) is 2.48. The molecule has 10 nitrogen and oxygen atoms in total. The van der Waals surface area contributed by atoms with Crippen LogP contribution in [-0.2, 0) is 16.6 Å². The molecule has 4 rings (SSSR count). The van der Waals surface area contributed by atoms with Crippen LogP contribution < -0.4 is 5.32 Å². The van der Waals surface area contributed by atoms with Crippen molar-refractivity contribution in [2.24, 2.45) is 7.05 Å². The van der Waals surface area contributed by atoms with Gasteiger partial charge in [-0.1, -0.05) is 12.1 Å². The van der Waals surface area contributed by atoms with Gasteiger partial charge in [0.15, 0.2) is 11.3 Å². The highest BCUT2D eigenvalue weighted by atomic mass is 16.4. The van der Waals surface area contributed by atoms with E-state index < -0.39 is 17.8 Å². The van der Waals surface area contributed by atoms with Gasteiger partial charge in [0.05, 0.1) is 18.5 Å². The predicted octanol–water partition coefficient (Wildman–Crippen LogP) is 0.990. The van der Waals surface area contributed by atoms with Crippen LogP contribution in [0.3, 0.4) is 0 Å². The van der Waals surface area contributed by atoms with E-state index in [0.29, 0.717) is 22.3 Å². The molecule has 3 heterocycles. The molecule has 10 heteroatoms. The molecule has 0 unspecified atom stereocenters. The predicted molar refractivity (Wildman–Crippen MR) is 106 cm³/mol. The number of β-amino-alcohol motifs (C(OH)–C–C–N with tert-alkyl or cyclic N) is 1. The summed E-state index contributed by atoms with van der Waals surface area (Å²) in [5, 5.41) is 25.8. The third kappa shape index (κ3) is 3.18. The Morgan fingerprint density at radius 2 is 1.90 bits per heavy atom. The fourth-order valence-corrected chi connectivity index (χ4v) is 3.37. The van der Waals surface area contributed by atoms with Crippen LogP contribution >= 0.6 is 0 Å². The van der Waals surface area contributed by atoms with Gasteiger partial charge in [0.1, 0.15) is 5.70 Å². The normalized spacial score (nSPS) is 13.8. The number of aliphatic hydroxyl groups excluding tert-OH is 1. The van der Waals surface area contributed by atoms with Crippen LogP contribution in [0.15, 0.2) is 48.3 Å². The van der Waals surface area contributed by atoms with E-state index in [1.165, 1.54) is 10.8 Å². The van der Waals surface area contributed by atoms with Crippen LogP contribution in [0.25, 0.3) is 22.2 Å². The van der Waals surface area contributed by atoms with E-state index in [2.05, 4.69) is 15.4 Å². The van der Waals surface area contributed by atoms with Crippen molar-refractivity contribution in [2.45, 2.75) is 0 Å². The lowest BCUT2D eigenvalue weighted by Gasteiger charge is -2.13. The third-order valence-electron chi connectivity index (χ3n) is 4.73. The third-order valence-corrected chi connectivity index (χ3v) is 4.73. The van der Waals surface area contributed by atoms with E-state index >= 15 is 0 Å². The minimum atomic E-state index is -1.14. The molecular weight excluding hydrogens is 390 g/mol. The van der Waals surface area contributed by atoms with Crippen LogP contribution in [0.4, 0.5) is 5.69 Å². The lowest BCUT2D eigenvalue weighted by atomic mass is 10.0. The first kappa shape index (κ1) is 19.3. The van der Waals surface area contributed by atoms with E-state index in [0.717, 1.165) is 10.5 Å². The second kappa shape index (κ2) is 7.41. The van der Waals surface area contributed by atoms with Gasteiger partial charge in [0.25, 0.3) is 11.8 Å². The number of benzene rings is 1. The average Bonchev–Trinajstić information content (AvgIpc) is 3.21. The van der Waals surface area contributed by atoms with Gasteiger partial charge < -0.3 is 15.5 Å². The maximum atomic E-state index is 12.2. The van der Waals surface area contributed by atoms with Crippen molar-refractivity contribution >= 4 is 34.5 Å². The minimum absolute atomic E-state index is 0.0622. The summed E-state index contributed by atoms with van der Waals surface area (Å²) in [4.78, 5) is 40.9. The first-order chi connectivity index (χ1) is 14.4. The Kier molecular flexibility index (Phi) is 4.76. The summed E-state index contributed by atoms with van der Waals surface area (Å²) in [6.45, 7) is -0.367. The summed E-state index contributed by atoms with van der Waals surface area (Å²) < 4.78 is 1.42.